The fraction of sp³-hybridized carbons (Fsp3) is 0.385. The number of benzene rings is 1. The van der Waals surface area contributed by atoms with E-state index in [2.05, 4.69) is 6.58 Å². The van der Waals surface area contributed by atoms with Gasteiger partial charge in [-0.05, 0) is 49.4 Å². The summed E-state index contributed by atoms with van der Waals surface area (Å²) in [4.78, 5) is 0. The number of aliphatic hydroxyl groups is 1. The van der Waals surface area contributed by atoms with Gasteiger partial charge in [-0.25, -0.2) is 0 Å². The van der Waals surface area contributed by atoms with Crippen molar-refractivity contribution in [1.29, 1.82) is 0 Å². The molecule has 0 heterocycles. The van der Waals surface area contributed by atoms with Crippen LogP contribution < -0.4 is 0 Å². The van der Waals surface area contributed by atoms with Crippen molar-refractivity contribution in [1.82, 2.24) is 0 Å². The standard InChI is InChI=1S/C13H17ClO/c1-3-4-5-6-13(15)12-8-7-11(14)9-10(12)2/h3,7-9,13,15H,1,4-6H2,2H3. The lowest BCUT2D eigenvalue weighted by Gasteiger charge is -2.13. The van der Waals surface area contributed by atoms with Crippen LogP contribution in [0, 0.1) is 6.92 Å². The van der Waals surface area contributed by atoms with Crippen LogP contribution in [0.1, 0.15) is 36.5 Å². The van der Waals surface area contributed by atoms with Crippen molar-refractivity contribution in [2.24, 2.45) is 0 Å². The predicted molar refractivity (Wildman–Crippen MR) is 65.2 cm³/mol. The van der Waals surface area contributed by atoms with Gasteiger partial charge in [0.2, 0.25) is 0 Å². The third kappa shape index (κ3) is 3.69. The maximum Gasteiger partial charge on any atom is 0.0792 e. The Bertz CT molecular complexity index is 333. The van der Waals surface area contributed by atoms with E-state index in [1.807, 2.05) is 31.2 Å². The van der Waals surface area contributed by atoms with Crippen LogP contribution in [0.15, 0.2) is 30.9 Å². The Labute approximate surface area is 96.4 Å². The van der Waals surface area contributed by atoms with Gasteiger partial charge in [-0.3, -0.25) is 0 Å². The van der Waals surface area contributed by atoms with E-state index in [9.17, 15) is 5.11 Å². The minimum atomic E-state index is -0.387. The topological polar surface area (TPSA) is 20.2 Å². The second-order valence-corrected chi connectivity index (χ2v) is 4.17. The van der Waals surface area contributed by atoms with E-state index in [0.717, 1.165) is 35.4 Å². The first kappa shape index (κ1) is 12.3. The molecule has 15 heavy (non-hydrogen) atoms. The van der Waals surface area contributed by atoms with Gasteiger partial charge in [-0.15, -0.1) is 6.58 Å². The quantitative estimate of drug-likeness (QED) is 0.591. The molecule has 0 fully saturated rings. The number of allylic oxidation sites excluding steroid dienone is 1. The third-order valence-electron chi connectivity index (χ3n) is 2.48. The molecule has 2 heteroatoms. The lowest BCUT2D eigenvalue weighted by atomic mass is 9.99. The molecule has 1 aromatic rings. The highest BCUT2D eigenvalue weighted by Gasteiger charge is 2.09. The lowest BCUT2D eigenvalue weighted by molar-refractivity contribution is 0.164. The SMILES string of the molecule is C=CCCCC(O)c1ccc(Cl)cc1C. The molecule has 0 saturated heterocycles. The highest BCUT2D eigenvalue weighted by atomic mass is 35.5. The third-order valence-corrected chi connectivity index (χ3v) is 2.71. The molecular formula is C13H17ClO. The Morgan fingerprint density at radius 3 is 2.87 bits per heavy atom. The largest absolute Gasteiger partial charge is 0.388 e. The maximum absolute atomic E-state index is 9.94. The predicted octanol–water partition coefficient (Wildman–Crippen LogP) is 4.04. The zero-order valence-corrected chi connectivity index (χ0v) is 9.80. The summed E-state index contributed by atoms with van der Waals surface area (Å²) in [7, 11) is 0. The molecule has 1 N–H and O–H groups in total. The van der Waals surface area contributed by atoms with Crippen LogP contribution in [0.4, 0.5) is 0 Å². The zero-order valence-electron chi connectivity index (χ0n) is 9.04. The van der Waals surface area contributed by atoms with Crippen molar-refractivity contribution in [3.63, 3.8) is 0 Å². The smallest absolute Gasteiger partial charge is 0.0792 e. The highest BCUT2D eigenvalue weighted by molar-refractivity contribution is 6.30. The van der Waals surface area contributed by atoms with E-state index in [1.165, 1.54) is 0 Å². The second-order valence-electron chi connectivity index (χ2n) is 3.74. The van der Waals surface area contributed by atoms with Gasteiger partial charge in [0, 0.05) is 5.02 Å². The molecule has 0 aromatic heterocycles. The first-order valence-corrected chi connectivity index (χ1v) is 5.58. The van der Waals surface area contributed by atoms with E-state index >= 15 is 0 Å². The summed E-state index contributed by atoms with van der Waals surface area (Å²) < 4.78 is 0. The summed E-state index contributed by atoms with van der Waals surface area (Å²) in [6.45, 7) is 5.63. The van der Waals surface area contributed by atoms with E-state index in [4.69, 9.17) is 11.6 Å². The molecule has 0 aliphatic heterocycles. The molecule has 0 radical (unpaired) electrons. The van der Waals surface area contributed by atoms with Crippen LogP contribution >= 0.6 is 11.6 Å². The fourth-order valence-electron chi connectivity index (χ4n) is 1.62. The average molecular weight is 225 g/mol. The highest BCUT2D eigenvalue weighted by Crippen LogP contribution is 2.24. The molecule has 1 rings (SSSR count). The van der Waals surface area contributed by atoms with Crippen LogP contribution in [0.5, 0.6) is 0 Å². The Morgan fingerprint density at radius 2 is 2.27 bits per heavy atom. The molecule has 82 valence electrons. The molecule has 0 amide bonds. The number of aliphatic hydroxyl groups excluding tert-OH is 1. The van der Waals surface area contributed by atoms with Gasteiger partial charge in [0.05, 0.1) is 6.10 Å². The first-order chi connectivity index (χ1) is 7.15. The number of hydrogen-bond acceptors (Lipinski definition) is 1. The minimum absolute atomic E-state index is 0.387. The van der Waals surface area contributed by atoms with Gasteiger partial charge in [0.1, 0.15) is 0 Å². The number of hydrogen-bond donors (Lipinski definition) is 1. The molecule has 0 aliphatic carbocycles. The monoisotopic (exact) mass is 224 g/mol. The van der Waals surface area contributed by atoms with E-state index < -0.39 is 0 Å². The van der Waals surface area contributed by atoms with Crippen molar-refractivity contribution in [3.8, 4) is 0 Å². The summed E-state index contributed by atoms with van der Waals surface area (Å²) in [5.41, 5.74) is 2.03. The number of unbranched alkanes of at least 4 members (excludes halogenated alkanes) is 1. The summed E-state index contributed by atoms with van der Waals surface area (Å²) in [5.74, 6) is 0. The Morgan fingerprint density at radius 1 is 1.53 bits per heavy atom. The Kier molecular flexibility index (Phi) is 4.86. The number of rotatable bonds is 5. The fourth-order valence-corrected chi connectivity index (χ4v) is 1.85. The van der Waals surface area contributed by atoms with Crippen molar-refractivity contribution < 1.29 is 5.11 Å². The maximum atomic E-state index is 9.94. The molecule has 0 aliphatic rings. The molecule has 0 saturated carbocycles. The van der Waals surface area contributed by atoms with Crippen LogP contribution in [0.2, 0.25) is 5.02 Å². The van der Waals surface area contributed by atoms with Gasteiger partial charge in [-0.2, -0.15) is 0 Å². The summed E-state index contributed by atoms with van der Waals surface area (Å²) in [6.07, 6.45) is 4.18. The van der Waals surface area contributed by atoms with Crippen molar-refractivity contribution in [2.75, 3.05) is 0 Å². The van der Waals surface area contributed by atoms with E-state index in [1.54, 1.807) is 0 Å². The Balaban J connectivity index is 2.64. The Hall–Kier alpha value is -0.790. The van der Waals surface area contributed by atoms with Gasteiger partial charge < -0.3 is 5.11 Å². The lowest BCUT2D eigenvalue weighted by Crippen LogP contribution is -1.99. The van der Waals surface area contributed by atoms with Crippen molar-refractivity contribution >= 4 is 11.6 Å². The molecule has 1 aromatic carbocycles. The van der Waals surface area contributed by atoms with Crippen LogP contribution in [0.25, 0.3) is 0 Å². The molecule has 1 nitrogen and oxygen atoms in total. The van der Waals surface area contributed by atoms with Crippen molar-refractivity contribution in [3.05, 3.63) is 47.0 Å². The number of aryl methyl sites for hydroxylation is 1. The van der Waals surface area contributed by atoms with Gasteiger partial charge in [0.25, 0.3) is 0 Å². The van der Waals surface area contributed by atoms with Gasteiger partial charge >= 0.3 is 0 Å². The average Bonchev–Trinajstić information content (AvgIpc) is 2.17. The molecule has 1 atom stereocenters. The van der Waals surface area contributed by atoms with Crippen LogP contribution in [-0.4, -0.2) is 5.11 Å². The van der Waals surface area contributed by atoms with Gasteiger partial charge in [0.15, 0.2) is 0 Å². The normalized spacial score (nSPS) is 12.5. The summed E-state index contributed by atoms with van der Waals surface area (Å²) in [6, 6.07) is 5.60. The zero-order chi connectivity index (χ0) is 11.3. The molecule has 1 unspecified atom stereocenters. The van der Waals surface area contributed by atoms with Crippen molar-refractivity contribution in [2.45, 2.75) is 32.3 Å². The number of halogens is 1. The first-order valence-electron chi connectivity index (χ1n) is 5.20. The van der Waals surface area contributed by atoms with Crippen LogP contribution in [0.3, 0.4) is 0 Å². The molecular weight excluding hydrogens is 208 g/mol. The molecule has 0 bridgehead atoms. The minimum Gasteiger partial charge on any atom is -0.388 e. The second kappa shape index (κ2) is 5.94. The van der Waals surface area contributed by atoms with E-state index in [0.29, 0.717) is 0 Å². The molecule has 0 spiro atoms. The van der Waals surface area contributed by atoms with Gasteiger partial charge in [-0.1, -0.05) is 23.7 Å². The van der Waals surface area contributed by atoms with Crippen LogP contribution in [-0.2, 0) is 0 Å². The summed E-state index contributed by atoms with van der Waals surface area (Å²) in [5, 5.41) is 10.7. The van der Waals surface area contributed by atoms with E-state index in [-0.39, 0.29) is 6.10 Å². The summed E-state index contributed by atoms with van der Waals surface area (Å²) >= 11 is 5.85.